The van der Waals surface area contributed by atoms with Crippen LogP contribution in [0.25, 0.3) is 5.69 Å². The van der Waals surface area contributed by atoms with Gasteiger partial charge in [-0.3, -0.25) is 9.59 Å². The summed E-state index contributed by atoms with van der Waals surface area (Å²) in [6, 6.07) is 7.90. The highest BCUT2D eigenvalue weighted by Gasteiger charge is 2.36. The first-order valence-electron chi connectivity index (χ1n) is 9.32. The second-order valence-corrected chi connectivity index (χ2v) is 8.11. The number of nitrogens with one attached hydrogen (secondary N) is 2. The molecular formula is C21H23N5O2. The predicted octanol–water partition coefficient (Wildman–Crippen LogP) is 2.71. The maximum absolute atomic E-state index is 12.7. The molecule has 28 heavy (non-hydrogen) atoms. The summed E-state index contributed by atoms with van der Waals surface area (Å²) in [4.78, 5) is 30.9. The van der Waals surface area contributed by atoms with Crippen LogP contribution >= 0.6 is 0 Å². The Morgan fingerprint density at radius 1 is 1.29 bits per heavy atom. The minimum atomic E-state index is -0.446. The number of H-pyrrole nitrogens is 1. The van der Waals surface area contributed by atoms with Crippen LogP contribution in [0, 0.1) is 12.3 Å². The van der Waals surface area contributed by atoms with Gasteiger partial charge in [0.25, 0.3) is 11.5 Å². The average molecular weight is 377 g/mol. The van der Waals surface area contributed by atoms with Gasteiger partial charge in [0.15, 0.2) is 0 Å². The zero-order valence-corrected chi connectivity index (χ0v) is 16.2. The monoisotopic (exact) mass is 377 g/mol. The zero-order valence-electron chi connectivity index (χ0n) is 16.2. The number of aromatic nitrogens is 4. The van der Waals surface area contributed by atoms with Gasteiger partial charge < -0.3 is 10.3 Å². The lowest BCUT2D eigenvalue weighted by Crippen LogP contribution is -2.38. The predicted molar refractivity (Wildman–Crippen MR) is 105 cm³/mol. The molecule has 0 bridgehead atoms. The summed E-state index contributed by atoms with van der Waals surface area (Å²) in [7, 11) is 0. The number of benzene rings is 1. The Morgan fingerprint density at radius 3 is 2.82 bits per heavy atom. The van der Waals surface area contributed by atoms with Crippen molar-refractivity contribution in [3.63, 3.8) is 0 Å². The number of carbonyl (C=O) groups is 1. The lowest BCUT2D eigenvalue weighted by molar-refractivity contribution is 0.0917. The van der Waals surface area contributed by atoms with E-state index in [2.05, 4.69) is 47.2 Å². The smallest absolute Gasteiger partial charge is 0.263 e. The maximum Gasteiger partial charge on any atom is 0.263 e. The molecule has 1 atom stereocenters. The van der Waals surface area contributed by atoms with Crippen molar-refractivity contribution in [2.45, 2.75) is 39.7 Å². The van der Waals surface area contributed by atoms with E-state index in [4.69, 9.17) is 0 Å². The third-order valence-corrected chi connectivity index (χ3v) is 5.29. The molecule has 0 radical (unpaired) electrons. The average Bonchev–Trinajstić information content (AvgIpc) is 3.05. The minimum absolute atomic E-state index is 0.0127. The van der Waals surface area contributed by atoms with Crippen LogP contribution in [0.15, 0.2) is 47.8 Å². The van der Waals surface area contributed by atoms with E-state index in [-0.39, 0.29) is 17.0 Å². The fraction of sp³-hybridized carbons (Fsp3) is 0.333. The molecule has 0 fully saturated rings. The molecule has 0 aliphatic heterocycles. The molecule has 0 spiro atoms. The minimum Gasteiger partial charge on any atom is -0.345 e. The molecule has 144 valence electrons. The van der Waals surface area contributed by atoms with Gasteiger partial charge in [-0.15, -0.1) is 0 Å². The van der Waals surface area contributed by atoms with Crippen molar-refractivity contribution >= 4 is 5.91 Å². The summed E-state index contributed by atoms with van der Waals surface area (Å²) in [6.45, 7) is 6.42. The molecule has 7 nitrogen and oxygen atoms in total. The molecule has 1 aliphatic rings. The van der Waals surface area contributed by atoms with Gasteiger partial charge in [-0.1, -0.05) is 32.0 Å². The summed E-state index contributed by atoms with van der Waals surface area (Å²) in [5.74, 6) is -0.424. The summed E-state index contributed by atoms with van der Waals surface area (Å²) < 4.78 is 1.97. The molecule has 2 N–H and O–H groups in total. The van der Waals surface area contributed by atoms with E-state index in [1.165, 1.54) is 12.5 Å². The molecule has 7 heteroatoms. The molecule has 2 heterocycles. The van der Waals surface area contributed by atoms with Crippen LogP contribution in [-0.2, 0) is 6.42 Å². The summed E-state index contributed by atoms with van der Waals surface area (Å²) in [5.41, 5.74) is 3.81. The van der Waals surface area contributed by atoms with Gasteiger partial charge in [-0.2, -0.15) is 5.10 Å². The fourth-order valence-electron chi connectivity index (χ4n) is 3.92. The van der Waals surface area contributed by atoms with Gasteiger partial charge in [0.2, 0.25) is 0 Å². The van der Waals surface area contributed by atoms with E-state index < -0.39 is 11.5 Å². The first-order valence-corrected chi connectivity index (χ1v) is 9.32. The van der Waals surface area contributed by atoms with E-state index >= 15 is 0 Å². The van der Waals surface area contributed by atoms with Crippen molar-refractivity contribution in [2.24, 2.45) is 5.41 Å². The maximum atomic E-state index is 12.7. The second-order valence-electron chi connectivity index (χ2n) is 8.11. The van der Waals surface area contributed by atoms with E-state index in [0.717, 1.165) is 35.3 Å². The SMILES string of the molecule is Cc1ccccc1-n1ncc2c1CC(C)(C)C[C@@H]2NC(=O)c1cnc[nH]c1=O. The van der Waals surface area contributed by atoms with Crippen molar-refractivity contribution in [1.82, 2.24) is 25.1 Å². The molecule has 1 aliphatic carbocycles. The van der Waals surface area contributed by atoms with E-state index in [1.54, 1.807) is 0 Å². The summed E-state index contributed by atoms with van der Waals surface area (Å²) in [6.07, 6.45) is 6.02. The molecule has 1 aromatic carbocycles. The molecule has 4 rings (SSSR count). The fourth-order valence-corrected chi connectivity index (χ4v) is 3.92. The van der Waals surface area contributed by atoms with Crippen LogP contribution in [0.2, 0.25) is 0 Å². The highest BCUT2D eigenvalue weighted by atomic mass is 16.2. The highest BCUT2D eigenvalue weighted by molar-refractivity contribution is 5.93. The van der Waals surface area contributed by atoms with Crippen LogP contribution in [0.4, 0.5) is 0 Å². The first kappa shape index (κ1) is 18.2. The number of fused-ring (bicyclic) bond motifs is 1. The van der Waals surface area contributed by atoms with Crippen molar-refractivity contribution in [1.29, 1.82) is 0 Å². The zero-order chi connectivity index (χ0) is 19.9. The number of amides is 1. The number of aryl methyl sites for hydroxylation is 1. The molecular weight excluding hydrogens is 354 g/mol. The van der Waals surface area contributed by atoms with Crippen LogP contribution in [0.5, 0.6) is 0 Å². The lowest BCUT2D eigenvalue weighted by Gasteiger charge is -2.36. The number of nitrogens with zero attached hydrogens (tertiary/aromatic N) is 3. The molecule has 2 aromatic heterocycles. The first-order chi connectivity index (χ1) is 13.4. The molecule has 0 saturated carbocycles. The van der Waals surface area contributed by atoms with Gasteiger partial charge in [0.1, 0.15) is 5.56 Å². The second kappa shape index (κ2) is 6.74. The van der Waals surface area contributed by atoms with Gasteiger partial charge in [-0.05, 0) is 36.8 Å². The lowest BCUT2D eigenvalue weighted by atomic mass is 9.74. The molecule has 1 amide bonds. The standard InChI is InChI=1S/C21H23N5O2/c1-13-6-4-5-7-17(13)26-18-9-21(2,3)8-16(14(18)11-24-26)25-20(28)15-10-22-12-23-19(15)27/h4-7,10-12,16H,8-9H2,1-3H3,(H,25,28)(H,22,23,27)/t16-/m0/s1. The number of para-hydroxylation sites is 1. The van der Waals surface area contributed by atoms with Crippen molar-refractivity contribution < 1.29 is 4.79 Å². The number of hydrogen-bond donors (Lipinski definition) is 2. The topological polar surface area (TPSA) is 92.7 Å². The van der Waals surface area contributed by atoms with E-state index in [1.807, 2.05) is 29.1 Å². The largest absolute Gasteiger partial charge is 0.345 e. The summed E-state index contributed by atoms with van der Waals surface area (Å²) >= 11 is 0. The number of aromatic amines is 1. The highest BCUT2D eigenvalue weighted by Crippen LogP contribution is 2.41. The third kappa shape index (κ3) is 3.24. The van der Waals surface area contributed by atoms with Gasteiger partial charge in [0.05, 0.1) is 29.9 Å². The van der Waals surface area contributed by atoms with Gasteiger partial charge >= 0.3 is 0 Å². The third-order valence-electron chi connectivity index (χ3n) is 5.29. The van der Waals surface area contributed by atoms with E-state index in [9.17, 15) is 9.59 Å². The number of carbonyl (C=O) groups excluding carboxylic acids is 1. The Balaban J connectivity index is 1.72. The van der Waals surface area contributed by atoms with Gasteiger partial charge in [0, 0.05) is 11.8 Å². The van der Waals surface area contributed by atoms with Crippen LogP contribution in [0.3, 0.4) is 0 Å². The molecule has 3 aromatic rings. The number of rotatable bonds is 3. The summed E-state index contributed by atoms with van der Waals surface area (Å²) in [5, 5.41) is 7.64. The van der Waals surface area contributed by atoms with Crippen LogP contribution < -0.4 is 10.9 Å². The quantitative estimate of drug-likeness (QED) is 0.734. The Kier molecular flexibility index (Phi) is 4.37. The van der Waals surface area contributed by atoms with E-state index in [0.29, 0.717) is 0 Å². The molecule has 0 saturated heterocycles. The normalized spacial score (nSPS) is 17.8. The number of hydrogen-bond acceptors (Lipinski definition) is 4. The van der Waals surface area contributed by atoms with Crippen molar-refractivity contribution in [3.05, 3.63) is 75.7 Å². The Hall–Kier alpha value is -3.22. The van der Waals surface area contributed by atoms with Crippen LogP contribution in [0.1, 0.15) is 53.5 Å². The van der Waals surface area contributed by atoms with Gasteiger partial charge in [-0.25, -0.2) is 9.67 Å². The Bertz CT molecular complexity index is 1100. The van der Waals surface area contributed by atoms with Crippen molar-refractivity contribution in [2.75, 3.05) is 0 Å². The Morgan fingerprint density at radius 2 is 2.07 bits per heavy atom. The van der Waals surface area contributed by atoms with Crippen molar-refractivity contribution in [3.8, 4) is 5.69 Å². The molecule has 0 unspecified atom stereocenters. The Labute approximate surface area is 162 Å². The van der Waals surface area contributed by atoms with Crippen LogP contribution in [-0.4, -0.2) is 25.7 Å².